The maximum atomic E-state index is 13.9. The van der Waals surface area contributed by atoms with Crippen molar-refractivity contribution in [1.82, 2.24) is 10.2 Å². The normalized spacial score (nSPS) is 18.6. The molecule has 0 spiro atoms. The van der Waals surface area contributed by atoms with Crippen molar-refractivity contribution >= 4 is 24.0 Å². The van der Waals surface area contributed by atoms with E-state index >= 15 is 0 Å². The molecule has 7 heteroatoms. The fraction of sp³-hybridized carbons (Fsp3) is 0.632. The molecule has 3 unspecified atom stereocenters. The molecule has 0 bridgehead atoms. The topological polar surface area (TPSA) is 61.6 Å². The molecule has 1 aliphatic heterocycles. The maximum Gasteiger partial charge on any atom is 0.237 e. The lowest BCUT2D eigenvalue weighted by atomic mass is 9.98. The van der Waals surface area contributed by atoms with Crippen molar-refractivity contribution in [2.75, 3.05) is 38.1 Å². The molecule has 1 heterocycles. The number of piperazine rings is 1. The highest BCUT2D eigenvalue weighted by molar-refractivity contribution is 5.85. The van der Waals surface area contributed by atoms with Crippen LogP contribution >= 0.6 is 12.4 Å². The van der Waals surface area contributed by atoms with E-state index in [0.717, 1.165) is 43.9 Å². The quantitative estimate of drug-likeness (QED) is 0.788. The van der Waals surface area contributed by atoms with Gasteiger partial charge in [0.2, 0.25) is 5.91 Å². The predicted octanol–water partition coefficient (Wildman–Crippen LogP) is 2.55. The van der Waals surface area contributed by atoms with E-state index in [-0.39, 0.29) is 36.1 Å². The Morgan fingerprint density at radius 2 is 1.88 bits per heavy atom. The molecule has 0 aliphatic carbocycles. The van der Waals surface area contributed by atoms with Gasteiger partial charge in [-0.3, -0.25) is 4.79 Å². The van der Waals surface area contributed by atoms with Gasteiger partial charge in [-0.15, -0.1) is 12.4 Å². The first-order chi connectivity index (χ1) is 11.8. The Morgan fingerprint density at radius 1 is 1.27 bits per heavy atom. The van der Waals surface area contributed by atoms with Crippen molar-refractivity contribution in [3.8, 4) is 0 Å². The zero-order chi connectivity index (χ0) is 18.6. The van der Waals surface area contributed by atoms with Crippen LogP contribution in [0.5, 0.6) is 0 Å². The molecule has 1 aromatic rings. The molecule has 0 saturated carbocycles. The van der Waals surface area contributed by atoms with Gasteiger partial charge in [0.05, 0.1) is 12.1 Å². The molecule has 1 amide bonds. The van der Waals surface area contributed by atoms with Gasteiger partial charge < -0.3 is 20.9 Å². The Labute approximate surface area is 162 Å². The number of benzene rings is 1. The third-order valence-electron chi connectivity index (χ3n) is 5.22. The average molecular weight is 387 g/mol. The minimum atomic E-state index is -0.548. The summed E-state index contributed by atoms with van der Waals surface area (Å²) in [4.78, 5) is 16.9. The highest BCUT2D eigenvalue weighted by atomic mass is 35.5. The number of carbonyl (C=O) groups excluding carboxylic acids is 1. The number of rotatable bonds is 6. The van der Waals surface area contributed by atoms with Crippen molar-refractivity contribution in [1.29, 1.82) is 0 Å². The van der Waals surface area contributed by atoms with Gasteiger partial charge in [-0.1, -0.05) is 20.3 Å². The second-order valence-electron chi connectivity index (χ2n) is 7.14. The van der Waals surface area contributed by atoms with Crippen LogP contribution in [0.15, 0.2) is 18.2 Å². The Hall–Kier alpha value is -1.37. The van der Waals surface area contributed by atoms with Crippen molar-refractivity contribution < 1.29 is 9.18 Å². The van der Waals surface area contributed by atoms with E-state index in [1.54, 1.807) is 0 Å². The first-order valence-electron chi connectivity index (χ1n) is 9.12. The highest BCUT2D eigenvalue weighted by Gasteiger charge is 2.24. The van der Waals surface area contributed by atoms with Gasteiger partial charge in [-0.25, -0.2) is 4.39 Å². The van der Waals surface area contributed by atoms with Crippen LogP contribution in [0.2, 0.25) is 0 Å². The zero-order valence-electron chi connectivity index (χ0n) is 16.2. The van der Waals surface area contributed by atoms with Crippen molar-refractivity contribution in [3.63, 3.8) is 0 Å². The number of carbonyl (C=O) groups is 1. The fourth-order valence-corrected chi connectivity index (χ4v) is 3.11. The third kappa shape index (κ3) is 5.56. The van der Waals surface area contributed by atoms with E-state index in [1.165, 1.54) is 12.1 Å². The number of halogens is 2. The van der Waals surface area contributed by atoms with E-state index in [0.29, 0.717) is 0 Å². The number of nitrogens with zero attached hydrogens (tertiary/aromatic N) is 2. The third-order valence-corrected chi connectivity index (χ3v) is 5.22. The second kappa shape index (κ2) is 10.1. The number of likely N-dealkylation sites (N-methyl/N-ethyl adjacent to an activating group) is 1. The molecule has 3 N–H and O–H groups in total. The molecule has 1 fully saturated rings. The van der Waals surface area contributed by atoms with E-state index < -0.39 is 6.04 Å². The van der Waals surface area contributed by atoms with Crippen LogP contribution in [-0.4, -0.2) is 50.1 Å². The van der Waals surface area contributed by atoms with Crippen molar-refractivity contribution in [3.05, 3.63) is 29.6 Å². The van der Waals surface area contributed by atoms with Gasteiger partial charge in [0.25, 0.3) is 0 Å². The second-order valence-corrected chi connectivity index (χ2v) is 7.14. The molecule has 148 valence electrons. The summed E-state index contributed by atoms with van der Waals surface area (Å²) in [5.41, 5.74) is 7.81. The minimum absolute atomic E-state index is 0. The number of hydrogen-bond donors (Lipinski definition) is 2. The number of nitrogens with two attached hydrogens (primary N) is 1. The molecule has 0 radical (unpaired) electrons. The monoisotopic (exact) mass is 386 g/mol. The largest absolute Gasteiger partial charge is 0.369 e. The summed E-state index contributed by atoms with van der Waals surface area (Å²) < 4.78 is 13.9. The van der Waals surface area contributed by atoms with Gasteiger partial charge in [-0.2, -0.15) is 0 Å². The number of nitrogens with one attached hydrogen (secondary N) is 1. The Balaban J connectivity index is 0.00000338. The molecule has 1 saturated heterocycles. The number of anilines is 1. The lowest BCUT2D eigenvalue weighted by Gasteiger charge is -2.36. The van der Waals surface area contributed by atoms with E-state index in [4.69, 9.17) is 5.73 Å². The van der Waals surface area contributed by atoms with E-state index in [1.807, 2.05) is 26.8 Å². The lowest BCUT2D eigenvalue weighted by Crippen LogP contribution is -2.46. The number of hydrogen-bond acceptors (Lipinski definition) is 4. The van der Waals surface area contributed by atoms with Crippen LogP contribution in [0.25, 0.3) is 0 Å². The first kappa shape index (κ1) is 22.7. The molecule has 0 aromatic heterocycles. The molecule has 3 atom stereocenters. The molecule has 2 rings (SSSR count). The summed E-state index contributed by atoms with van der Waals surface area (Å²) in [5.74, 6) is -0.368. The van der Waals surface area contributed by atoms with Crippen LogP contribution in [0.4, 0.5) is 10.1 Å². The fourth-order valence-electron chi connectivity index (χ4n) is 3.11. The molecule has 1 aliphatic rings. The molecule has 5 nitrogen and oxygen atoms in total. The summed E-state index contributed by atoms with van der Waals surface area (Å²) in [6.07, 6.45) is 0.843. The SMILES string of the molecule is CCC(C)C(N)C(=O)NC(C)c1cc(F)ccc1N1CCN(C)CC1.Cl. The highest BCUT2D eigenvalue weighted by Crippen LogP contribution is 2.28. The first-order valence-corrected chi connectivity index (χ1v) is 9.12. The zero-order valence-corrected chi connectivity index (χ0v) is 17.0. The van der Waals surface area contributed by atoms with E-state index in [9.17, 15) is 9.18 Å². The summed E-state index contributed by atoms with van der Waals surface area (Å²) in [6, 6.07) is 3.97. The summed E-state index contributed by atoms with van der Waals surface area (Å²) in [5, 5.41) is 2.96. The van der Waals surface area contributed by atoms with E-state index in [2.05, 4.69) is 22.2 Å². The molecule has 26 heavy (non-hydrogen) atoms. The summed E-state index contributed by atoms with van der Waals surface area (Å²) >= 11 is 0. The van der Waals surface area contributed by atoms with Crippen LogP contribution in [0.1, 0.15) is 38.8 Å². The standard InChI is InChI=1S/C19H31FN4O.ClH/c1-5-13(2)18(21)19(25)22-14(3)16-12-15(20)6-7-17(16)24-10-8-23(4)9-11-24;/h6-7,12-14,18H,5,8-11,21H2,1-4H3,(H,22,25);1H. The smallest absolute Gasteiger partial charge is 0.237 e. The average Bonchev–Trinajstić information content (AvgIpc) is 2.61. The molecule has 1 aromatic carbocycles. The van der Waals surface area contributed by atoms with Crippen molar-refractivity contribution in [2.24, 2.45) is 11.7 Å². The van der Waals surface area contributed by atoms with Crippen molar-refractivity contribution in [2.45, 2.75) is 39.3 Å². The Morgan fingerprint density at radius 3 is 2.46 bits per heavy atom. The molecular formula is C19H32ClFN4O. The van der Waals surface area contributed by atoms with Gasteiger partial charge in [-0.05, 0) is 38.1 Å². The van der Waals surface area contributed by atoms with Gasteiger partial charge in [0.1, 0.15) is 5.82 Å². The Bertz CT molecular complexity index is 593. The lowest BCUT2D eigenvalue weighted by molar-refractivity contribution is -0.124. The van der Waals surface area contributed by atoms with Crippen LogP contribution in [0, 0.1) is 11.7 Å². The number of amides is 1. The predicted molar refractivity (Wildman–Crippen MR) is 107 cm³/mol. The summed E-state index contributed by atoms with van der Waals surface area (Å²) in [6.45, 7) is 9.58. The Kier molecular flexibility index (Phi) is 8.80. The maximum absolute atomic E-state index is 13.9. The molecular weight excluding hydrogens is 355 g/mol. The minimum Gasteiger partial charge on any atom is -0.369 e. The van der Waals surface area contributed by atoms with Crippen LogP contribution in [0.3, 0.4) is 0 Å². The van der Waals surface area contributed by atoms with Gasteiger partial charge >= 0.3 is 0 Å². The summed E-state index contributed by atoms with van der Waals surface area (Å²) in [7, 11) is 2.10. The van der Waals surface area contributed by atoms with Crippen LogP contribution < -0.4 is 16.0 Å². The van der Waals surface area contributed by atoms with Crippen LogP contribution in [-0.2, 0) is 4.79 Å². The van der Waals surface area contributed by atoms with Gasteiger partial charge in [0, 0.05) is 37.4 Å². The van der Waals surface area contributed by atoms with Gasteiger partial charge in [0.15, 0.2) is 0 Å².